The monoisotopic (exact) mass is 672 g/mol. The van der Waals surface area contributed by atoms with Crippen LogP contribution < -0.4 is 20.9 Å². The highest BCUT2D eigenvalue weighted by atomic mass is 16.5. The number of nitrogens with zero attached hydrogens (tertiary/aromatic N) is 4. The smallest absolute Gasteiger partial charge is 0.340 e. The van der Waals surface area contributed by atoms with Crippen LogP contribution >= 0.6 is 0 Å². The number of para-hydroxylation sites is 2. The predicted molar refractivity (Wildman–Crippen MR) is 184 cm³/mol. The molecule has 3 aromatic carbocycles. The molecule has 254 valence electrons. The Kier molecular flexibility index (Phi) is 8.36. The van der Waals surface area contributed by atoms with Crippen molar-refractivity contribution in [3.63, 3.8) is 0 Å². The first kappa shape index (κ1) is 32.3. The molecule has 4 heterocycles. The average Bonchev–Trinajstić information content (AvgIpc) is 3.63. The van der Waals surface area contributed by atoms with E-state index in [1.165, 1.54) is 0 Å². The number of nitrogens with two attached hydrogens (primary N) is 2. The van der Waals surface area contributed by atoms with Crippen molar-refractivity contribution in [2.24, 2.45) is 11.5 Å². The van der Waals surface area contributed by atoms with E-state index in [1.54, 1.807) is 23.2 Å². The third-order valence-corrected chi connectivity index (χ3v) is 8.82. The van der Waals surface area contributed by atoms with Gasteiger partial charge in [0.25, 0.3) is 0 Å². The van der Waals surface area contributed by atoms with Crippen molar-refractivity contribution in [3.8, 4) is 23.1 Å². The van der Waals surface area contributed by atoms with Gasteiger partial charge in [-0.15, -0.1) is 0 Å². The lowest BCUT2D eigenvalue weighted by Gasteiger charge is -2.29. The van der Waals surface area contributed by atoms with E-state index in [2.05, 4.69) is 0 Å². The van der Waals surface area contributed by atoms with Crippen LogP contribution in [0.15, 0.2) is 108 Å². The molecule has 0 spiro atoms. The van der Waals surface area contributed by atoms with E-state index in [9.17, 15) is 9.59 Å². The van der Waals surface area contributed by atoms with E-state index in [0.717, 1.165) is 22.5 Å². The highest BCUT2D eigenvalue weighted by Gasteiger charge is 2.42. The third kappa shape index (κ3) is 5.34. The minimum absolute atomic E-state index is 0.0690. The number of ether oxygens (including phenoxy) is 4. The summed E-state index contributed by atoms with van der Waals surface area (Å²) in [6.07, 6.45) is 0. The average molecular weight is 673 g/mol. The number of hydrogen-bond acceptors (Lipinski definition) is 10. The van der Waals surface area contributed by atoms with Gasteiger partial charge in [-0.2, -0.15) is 10.2 Å². The number of rotatable bonds is 8. The van der Waals surface area contributed by atoms with Crippen molar-refractivity contribution in [1.29, 1.82) is 0 Å². The van der Waals surface area contributed by atoms with E-state index in [1.807, 2.05) is 98.8 Å². The first-order valence-corrected chi connectivity index (χ1v) is 16.3. The minimum Gasteiger partial charge on any atom is -0.462 e. The molecule has 2 aliphatic rings. The number of fused-ring (bicyclic) bond motifs is 2. The molecule has 4 N–H and O–H groups in total. The van der Waals surface area contributed by atoms with Gasteiger partial charge < -0.3 is 30.4 Å². The van der Waals surface area contributed by atoms with Crippen LogP contribution in [0, 0.1) is 13.8 Å². The number of aromatic nitrogens is 4. The van der Waals surface area contributed by atoms with E-state index >= 15 is 0 Å². The molecule has 0 saturated carbocycles. The van der Waals surface area contributed by atoms with Gasteiger partial charge in [0.15, 0.2) is 0 Å². The maximum absolute atomic E-state index is 13.5. The maximum Gasteiger partial charge on any atom is 0.340 e. The van der Waals surface area contributed by atoms with Crippen LogP contribution in [-0.4, -0.2) is 44.7 Å². The molecule has 7 rings (SSSR count). The van der Waals surface area contributed by atoms with Gasteiger partial charge >= 0.3 is 11.9 Å². The Morgan fingerprint density at radius 2 is 1.00 bits per heavy atom. The van der Waals surface area contributed by atoms with Crippen molar-refractivity contribution < 1.29 is 28.5 Å². The first-order valence-electron chi connectivity index (χ1n) is 16.3. The summed E-state index contributed by atoms with van der Waals surface area (Å²) in [6, 6.07) is 26.6. The van der Waals surface area contributed by atoms with Crippen molar-refractivity contribution in [2.75, 3.05) is 13.2 Å². The Morgan fingerprint density at radius 3 is 1.34 bits per heavy atom. The molecule has 0 aliphatic carbocycles. The summed E-state index contributed by atoms with van der Waals surface area (Å²) in [5.74, 6) is -1.83. The third-order valence-electron chi connectivity index (χ3n) is 8.82. The summed E-state index contributed by atoms with van der Waals surface area (Å²) in [5.41, 5.74) is 19.0. The SMILES string of the molecule is CCOC(=O)C1=C(N)Oc2c(c(C)nn2-c2ccccc2)C1c1ccc(C2C(C(=O)OCC)=C(N)Oc3c2c(C)nn3-c2ccccc2)cc1. The number of hydrogen-bond donors (Lipinski definition) is 2. The first-order chi connectivity index (χ1) is 24.2. The quantitative estimate of drug-likeness (QED) is 0.210. The molecule has 2 atom stereocenters. The molecule has 0 bridgehead atoms. The van der Waals surface area contributed by atoms with Crippen LogP contribution in [0.5, 0.6) is 11.8 Å². The van der Waals surface area contributed by atoms with Crippen LogP contribution in [0.25, 0.3) is 11.4 Å². The lowest BCUT2D eigenvalue weighted by molar-refractivity contribution is -0.140. The summed E-state index contributed by atoms with van der Waals surface area (Å²) in [4.78, 5) is 26.9. The molecule has 0 radical (unpaired) electrons. The topological polar surface area (TPSA) is 159 Å². The van der Waals surface area contributed by atoms with Gasteiger partial charge in [-0.05, 0) is 63.1 Å². The molecule has 2 aromatic heterocycles. The zero-order valence-corrected chi connectivity index (χ0v) is 28.0. The molecule has 0 amide bonds. The van der Waals surface area contributed by atoms with E-state index in [0.29, 0.717) is 34.3 Å². The van der Waals surface area contributed by atoms with Gasteiger partial charge in [-0.25, -0.2) is 19.0 Å². The van der Waals surface area contributed by atoms with Gasteiger partial charge in [-0.3, -0.25) is 0 Å². The summed E-state index contributed by atoms with van der Waals surface area (Å²) >= 11 is 0. The molecular weight excluding hydrogens is 636 g/mol. The van der Waals surface area contributed by atoms with Crippen LogP contribution in [0.1, 0.15) is 59.3 Å². The fraction of sp³-hybridized carbons (Fsp3) is 0.211. The van der Waals surface area contributed by atoms with Crippen LogP contribution in [-0.2, 0) is 19.1 Å². The van der Waals surface area contributed by atoms with Gasteiger partial charge in [-0.1, -0.05) is 60.7 Å². The molecule has 2 unspecified atom stereocenters. The fourth-order valence-electron chi connectivity index (χ4n) is 6.68. The summed E-state index contributed by atoms with van der Waals surface area (Å²) in [7, 11) is 0. The van der Waals surface area contributed by atoms with E-state index in [-0.39, 0.29) is 36.1 Å². The summed E-state index contributed by atoms with van der Waals surface area (Å²) in [6.45, 7) is 7.51. The van der Waals surface area contributed by atoms with Crippen LogP contribution in [0.3, 0.4) is 0 Å². The molecule has 0 fully saturated rings. The molecule has 50 heavy (non-hydrogen) atoms. The number of benzene rings is 3. The molecule has 5 aromatic rings. The largest absolute Gasteiger partial charge is 0.462 e. The zero-order valence-electron chi connectivity index (χ0n) is 28.0. The van der Waals surface area contributed by atoms with Crippen LogP contribution in [0.4, 0.5) is 0 Å². The summed E-state index contributed by atoms with van der Waals surface area (Å²) < 4.78 is 26.5. The molecular formula is C38H36N6O6. The van der Waals surface area contributed by atoms with Gasteiger partial charge in [0.1, 0.15) is 11.1 Å². The van der Waals surface area contributed by atoms with Crippen molar-refractivity contribution in [3.05, 3.63) is 141 Å². The lowest BCUT2D eigenvalue weighted by Crippen LogP contribution is -2.28. The zero-order chi connectivity index (χ0) is 35.1. The predicted octanol–water partition coefficient (Wildman–Crippen LogP) is 5.19. The Morgan fingerprint density at radius 1 is 0.640 bits per heavy atom. The Bertz CT molecular complexity index is 2010. The standard InChI is InChI=1S/C38H36N6O6/c1-5-47-37(45)31-29(27-21(3)41-43(35(27)49-33(31)39)25-13-9-7-10-14-25)23-17-19-24(20-18-23)30-28-22(4)42-44(26-15-11-8-12-16-26)36(28)50-34(40)32(30)38(46)48-6-2/h7-20,29-30H,5-6,39-40H2,1-4H3. The number of carbonyl (C=O) groups is 2. The number of aryl methyl sites for hydroxylation is 2. The second kappa shape index (κ2) is 13.0. The fourth-order valence-corrected chi connectivity index (χ4v) is 6.68. The minimum atomic E-state index is -0.665. The van der Waals surface area contributed by atoms with Gasteiger partial charge in [0.05, 0.1) is 58.9 Å². The number of carbonyl (C=O) groups excluding carboxylic acids is 2. The second-order valence-electron chi connectivity index (χ2n) is 11.8. The maximum atomic E-state index is 13.5. The highest BCUT2D eigenvalue weighted by molar-refractivity contribution is 5.93. The Labute approximate surface area is 288 Å². The van der Waals surface area contributed by atoms with Crippen molar-refractivity contribution in [1.82, 2.24) is 19.6 Å². The molecule has 12 heteroatoms. The van der Waals surface area contributed by atoms with Crippen molar-refractivity contribution in [2.45, 2.75) is 39.5 Å². The van der Waals surface area contributed by atoms with Crippen molar-refractivity contribution >= 4 is 11.9 Å². The highest BCUT2D eigenvalue weighted by Crippen LogP contribution is 2.48. The molecule has 12 nitrogen and oxygen atoms in total. The normalized spacial score (nSPS) is 16.6. The second-order valence-corrected chi connectivity index (χ2v) is 11.8. The Hall–Kier alpha value is -6.30. The van der Waals surface area contributed by atoms with E-state index in [4.69, 9.17) is 40.6 Å². The van der Waals surface area contributed by atoms with Gasteiger partial charge in [0.2, 0.25) is 23.5 Å². The number of esters is 2. The summed E-state index contributed by atoms with van der Waals surface area (Å²) in [5, 5.41) is 9.57. The lowest BCUT2D eigenvalue weighted by atomic mass is 9.80. The van der Waals surface area contributed by atoms with Gasteiger partial charge in [0, 0.05) is 0 Å². The van der Waals surface area contributed by atoms with E-state index < -0.39 is 23.8 Å². The molecule has 2 aliphatic heterocycles. The molecule has 0 saturated heterocycles. The Balaban J connectivity index is 1.37. The van der Waals surface area contributed by atoms with Crippen LogP contribution in [0.2, 0.25) is 0 Å².